The second kappa shape index (κ2) is 36.3. The SMILES string of the molecule is CC/C=C\C/C=C\C/C=C\C/C=C\CCCCCCCCC(=O)NC(COP(=O)([O-])OCC[N+](C)(C)C)C(O)/C=C/CC/C=C/CC/C=C/CCCCC. The van der Waals surface area contributed by atoms with Crippen LogP contribution in [0.15, 0.2) is 85.1 Å². The molecule has 0 aliphatic carbocycles. The molecule has 0 aromatic carbocycles. The summed E-state index contributed by atoms with van der Waals surface area (Å²) < 4.78 is 23.1. The highest BCUT2D eigenvalue weighted by Crippen LogP contribution is 2.38. The second-order valence-corrected chi connectivity index (χ2v) is 16.3. The molecule has 0 aliphatic heterocycles. The molecule has 9 heteroatoms. The Morgan fingerprint density at radius 1 is 0.667 bits per heavy atom. The van der Waals surface area contributed by atoms with Gasteiger partial charge in [0, 0.05) is 6.42 Å². The molecule has 0 heterocycles. The highest BCUT2D eigenvalue weighted by molar-refractivity contribution is 7.45. The van der Waals surface area contributed by atoms with E-state index in [-0.39, 0.29) is 12.5 Å². The van der Waals surface area contributed by atoms with Gasteiger partial charge in [0.2, 0.25) is 5.91 Å². The van der Waals surface area contributed by atoms with Gasteiger partial charge in [0.25, 0.3) is 7.82 Å². The molecule has 0 fully saturated rings. The monoisotopic (exact) mass is 775 g/mol. The first-order valence-electron chi connectivity index (χ1n) is 20.9. The summed E-state index contributed by atoms with van der Waals surface area (Å²) in [4.78, 5) is 25.2. The van der Waals surface area contributed by atoms with Gasteiger partial charge in [-0.15, -0.1) is 0 Å². The molecule has 0 spiro atoms. The van der Waals surface area contributed by atoms with Crippen molar-refractivity contribution in [2.75, 3.05) is 40.9 Å². The molecule has 0 aromatic rings. The van der Waals surface area contributed by atoms with E-state index >= 15 is 0 Å². The maximum Gasteiger partial charge on any atom is 0.268 e. The van der Waals surface area contributed by atoms with Crippen molar-refractivity contribution in [3.63, 3.8) is 0 Å². The molecule has 0 saturated carbocycles. The number of nitrogens with one attached hydrogen (secondary N) is 1. The van der Waals surface area contributed by atoms with Crippen LogP contribution in [0.5, 0.6) is 0 Å². The number of phosphoric ester groups is 1. The molecule has 0 rings (SSSR count). The van der Waals surface area contributed by atoms with Crippen LogP contribution in [0.4, 0.5) is 0 Å². The minimum atomic E-state index is -4.60. The Morgan fingerprint density at radius 3 is 1.72 bits per heavy atom. The van der Waals surface area contributed by atoms with Crippen molar-refractivity contribution in [3.8, 4) is 0 Å². The van der Waals surface area contributed by atoms with Crippen LogP contribution in [0.25, 0.3) is 0 Å². The molecule has 3 unspecified atom stereocenters. The van der Waals surface area contributed by atoms with E-state index < -0.39 is 26.6 Å². The summed E-state index contributed by atoms with van der Waals surface area (Å²) in [6.45, 7) is 4.42. The van der Waals surface area contributed by atoms with E-state index in [4.69, 9.17) is 9.05 Å². The largest absolute Gasteiger partial charge is 0.756 e. The van der Waals surface area contributed by atoms with Crippen LogP contribution < -0.4 is 10.2 Å². The normalized spacial score (nSPS) is 15.3. The molecule has 3 atom stereocenters. The predicted octanol–water partition coefficient (Wildman–Crippen LogP) is 10.8. The number of nitrogens with zero attached hydrogens (tertiary/aromatic N) is 1. The number of carbonyl (C=O) groups excluding carboxylic acids is 1. The molecular weight excluding hydrogens is 695 g/mol. The molecule has 54 heavy (non-hydrogen) atoms. The molecule has 1 amide bonds. The summed E-state index contributed by atoms with van der Waals surface area (Å²) in [7, 11) is 1.20. The Labute approximate surface area is 331 Å². The van der Waals surface area contributed by atoms with Gasteiger partial charge >= 0.3 is 0 Å². The van der Waals surface area contributed by atoms with Gasteiger partial charge in [-0.2, -0.15) is 0 Å². The van der Waals surface area contributed by atoms with E-state index in [1.54, 1.807) is 6.08 Å². The van der Waals surface area contributed by atoms with Crippen LogP contribution in [-0.2, 0) is 18.4 Å². The summed E-state index contributed by atoms with van der Waals surface area (Å²) in [6, 6.07) is -0.920. The standard InChI is InChI=1S/C45H79N2O6P/c1-6-8-10-12-14-16-18-20-21-22-23-24-25-27-29-31-33-35-37-39-45(49)46-43(42-53-54(50,51)52-41-40-47(3,4)5)44(48)38-36-34-32-30-28-26-19-17-15-13-11-9-7-2/h8,10,14-17,20-21,23-24,28,30,36,38,43-44,48H,6-7,9,11-13,18-19,22,25-27,29,31-35,37,39-42H2,1-5H3,(H-,46,49,50,51)/b10-8-,16-14-,17-15+,21-20-,24-23-,30-28+,38-36+. The first-order chi connectivity index (χ1) is 26.0. The van der Waals surface area contributed by atoms with E-state index in [1.807, 2.05) is 27.2 Å². The van der Waals surface area contributed by atoms with E-state index in [1.165, 1.54) is 25.7 Å². The number of likely N-dealkylation sites (N-methyl/N-ethyl adjacent to an activating group) is 1. The number of allylic oxidation sites excluding steroid dienone is 13. The summed E-state index contributed by atoms with van der Waals surface area (Å²) >= 11 is 0. The molecule has 0 saturated heterocycles. The topological polar surface area (TPSA) is 108 Å². The number of aliphatic hydroxyl groups is 1. The first kappa shape index (κ1) is 51.7. The molecule has 0 aromatic heterocycles. The zero-order chi connectivity index (χ0) is 40.0. The van der Waals surface area contributed by atoms with Gasteiger partial charge in [0.1, 0.15) is 13.2 Å². The fourth-order valence-electron chi connectivity index (χ4n) is 5.23. The van der Waals surface area contributed by atoms with Crippen LogP contribution in [0, 0.1) is 0 Å². The van der Waals surface area contributed by atoms with Gasteiger partial charge in [-0.25, -0.2) is 0 Å². The van der Waals surface area contributed by atoms with E-state index in [2.05, 4.69) is 92.1 Å². The zero-order valence-electron chi connectivity index (χ0n) is 34.9. The van der Waals surface area contributed by atoms with Crippen molar-refractivity contribution in [3.05, 3.63) is 85.1 Å². The van der Waals surface area contributed by atoms with Crippen LogP contribution in [0.2, 0.25) is 0 Å². The minimum Gasteiger partial charge on any atom is -0.756 e. The zero-order valence-corrected chi connectivity index (χ0v) is 35.8. The summed E-state index contributed by atoms with van der Waals surface area (Å²) in [5, 5.41) is 13.7. The van der Waals surface area contributed by atoms with Crippen molar-refractivity contribution in [2.24, 2.45) is 0 Å². The van der Waals surface area contributed by atoms with Gasteiger partial charge in [-0.05, 0) is 83.5 Å². The third-order valence-electron chi connectivity index (χ3n) is 8.57. The Bertz CT molecular complexity index is 1150. The van der Waals surface area contributed by atoms with Crippen LogP contribution >= 0.6 is 7.82 Å². The highest BCUT2D eigenvalue weighted by Gasteiger charge is 2.23. The lowest BCUT2D eigenvalue weighted by molar-refractivity contribution is -0.870. The Hall–Kier alpha value is -2.32. The third-order valence-corrected chi connectivity index (χ3v) is 9.53. The molecule has 310 valence electrons. The number of phosphoric acid groups is 1. The quantitative estimate of drug-likeness (QED) is 0.0284. The van der Waals surface area contributed by atoms with Crippen molar-refractivity contribution >= 4 is 13.7 Å². The molecule has 2 N–H and O–H groups in total. The lowest BCUT2D eigenvalue weighted by Gasteiger charge is -2.29. The fourth-order valence-corrected chi connectivity index (χ4v) is 5.95. The Balaban J connectivity index is 4.55. The predicted molar refractivity (Wildman–Crippen MR) is 228 cm³/mol. The number of quaternary nitrogens is 1. The van der Waals surface area contributed by atoms with Crippen LogP contribution in [0.1, 0.15) is 142 Å². The summed E-state index contributed by atoms with van der Waals surface area (Å²) in [6.07, 6.45) is 49.1. The van der Waals surface area contributed by atoms with Crippen molar-refractivity contribution in [2.45, 2.75) is 154 Å². The van der Waals surface area contributed by atoms with Crippen LogP contribution in [0.3, 0.4) is 0 Å². The molecule has 8 nitrogen and oxygen atoms in total. The Kier molecular flexibility index (Phi) is 34.8. The lowest BCUT2D eigenvalue weighted by Crippen LogP contribution is -2.45. The van der Waals surface area contributed by atoms with E-state index in [9.17, 15) is 19.4 Å². The number of hydrogen-bond donors (Lipinski definition) is 2. The molecule has 0 bridgehead atoms. The van der Waals surface area contributed by atoms with Crippen molar-refractivity contribution < 1.29 is 32.9 Å². The lowest BCUT2D eigenvalue weighted by atomic mass is 10.1. The number of rotatable bonds is 36. The van der Waals surface area contributed by atoms with Gasteiger partial charge in [0.15, 0.2) is 0 Å². The summed E-state index contributed by atoms with van der Waals surface area (Å²) in [5.74, 6) is -0.232. The second-order valence-electron chi connectivity index (χ2n) is 14.9. The fraction of sp³-hybridized carbons (Fsp3) is 0.667. The number of hydrogen-bond acceptors (Lipinski definition) is 6. The van der Waals surface area contributed by atoms with Gasteiger partial charge in [0.05, 0.1) is 39.9 Å². The molecule has 0 aliphatic rings. The molecule has 0 radical (unpaired) electrons. The number of amides is 1. The van der Waals surface area contributed by atoms with Crippen LogP contribution in [-0.4, -0.2) is 68.5 Å². The third kappa shape index (κ3) is 38.0. The van der Waals surface area contributed by atoms with Gasteiger partial charge in [-0.3, -0.25) is 9.36 Å². The average molecular weight is 775 g/mol. The number of carbonyl (C=O) groups is 1. The minimum absolute atomic E-state index is 0.0169. The molecular formula is C45H79N2O6P. The average Bonchev–Trinajstić information content (AvgIpc) is 3.12. The van der Waals surface area contributed by atoms with E-state index in [0.717, 1.165) is 96.3 Å². The maximum atomic E-state index is 12.8. The smallest absolute Gasteiger partial charge is 0.268 e. The Morgan fingerprint density at radius 2 is 1.15 bits per heavy atom. The first-order valence-corrected chi connectivity index (χ1v) is 22.4. The number of unbranched alkanes of at least 4 members (excludes halogenated alkanes) is 11. The highest BCUT2D eigenvalue weighted by atomic mass is 31.2. The summed E-state index contributed by atoms with van der Waals surface area (Å²) in [5.41, 5.74) is 0. The maximum absolute atomic E-state index is 12.8. The van der Waals surface area contributed by atoms with E-state index in [0.29, 0.717) is 17.4 Å². The van der Waals surface area contributed by atoms with Gasteiger partial charge < -0.3 is 28.8 Å². The number of aliphatic hydroxyl groups excluding tert-OH is 1. The van der Waals surface area contributed by atoms with Gasteiger partial charge in [-0.1, -0.05) is 137 Å². The van der Waals surface area contributed by atoms with Crippen molar-refractivity contribution in [1.29, 1.82) is 0 Å². The van der Waals surface area contributed by atoms with Crippen molar-refractivity contribution in [1.82, 2.24) is 5.32 Å².